The Morgan fingerprint density at radius 1 is 1.05 bits per heavy atom. The van der Waals surface area contributed by atoms with Gasteiger partial charge in [0.1, 0.15) is 0 Å². The van der Waals surface area contributed by atoms with Crippen molar-refractivity contribution in [2.45, 2.75) is 11.6 Å². The first kappa shape index (κ1) is 14.3. The first-order valence-corrected chi connectivity index (χ1v) is 8.27. The summed E-state index contributed by atoms with van der Waals surface area (Å²) in [6, 6.07) is 12.5. The van der Waals surface area contributed by atoms with Gasteiger partial charge < -0.3 is 0 Å². The molecule has 0 aliphatic rings. The van der Waals surface area contributed by atoms with Crippen LogP contribution in [0.25, 0.3) is 5.69 Å². The molecule has 0 N–H and O–H groups in total. The van der Waals surface area contributed by atoms with Crippen LogP contribution in [0.3, 0.4) is 0 Å². The zero-order valence-corrected chi connectivity index (χ0v) is 12.4. The predicted octanol–water partition coefficient (Wildman–Crippen LogP) is 1.07. The molecule has 0 saturated carbocycles. The summed E-state index contributed by atoms with van der Waals surface area (Å²) in [5.41, 5.74) is 1.46. The molecule has 3 aromatic rings. The quantitative estimate of drug-likeness (QED) is 0.699. The highest BCUT2D eigenvalue weighted by Crippen LogP contribution is 2.14. The largest absolute Gasteiger partial charge is 0.272 e. The highest BCUT2D eigenvalue weighted by Gasteiger charge is 2.23. The van der Waals surface area contributed by atoms with Crippen LogP contribution in [0.4, 0.5) is 0 Å². The van der Waals surface area contributed by atoms with Crippen LogP contribution in [0.1, 0.15) is 5.56 Å². The number of sulfone groups is 1. The van der Waals surface area contributed by atoms with E-state index < -0.39 is 9.84 Å². The molecular formula is C14H13N5O2S. The highest BCUT2D eigenvalue weighted by atomic mass is 32.2. The summed E-state index contributed by atoms with van der Waals surface area (Å²) in [4.78, 5) is 3.97. The number of aryl methyl sites for hydroxylation is 1. The van der Waals surface area contributed by atoms with Crippen LogP contribution in [-0.2, 0) is 16.3 Å². The van der Waals surface area contributed by atoms with E-state index in [2.05, 4.69) is 20.5 Å². The van der Waals surface area contributed by atoms with Crippen molar-refractivity contribution in [1.82, 2.24) is 25.2 Å². The van der Waals surface area contributed by atoms with Crippen LogP contribution < -0.4 is 0 Å². The fraction of sp³-hybridized carbons (Fsp3) is 0.143. The van der Waals surface area contributed by atoms with E-state index in [0.29, 0.717) is 12.1 Å². The Hall–Kier alpha value is -2.61. The predicted molar refractivity (Wildman–Crippen MR) is 79.1 cm³/mol. The van der Waals surface area contributed by atoms with Crippen molar-refractivity contribution in [3.8, 4) is 5.69 Å². The van der Waals surface area contributed by atoms with E-state index in [4.69, 9.17) is 0 Å². The lowest BCUT2D eigenvalue weighted by molar-refractivity contribution is 0.579. The lowest BCUT2D eigenvalue weighted by Gasteiger charge is -2.05. The van der Waals surface area contributed by atoms with Crippen LogP contribution in [-0.4, -0.2) is 39.4 Å². The molecule has 0 fully saturated rings. The number of hydrogen-bond donors (Lipinski definition) is 0. The molecule has 0 bridgehead atoms. The van der Waals surface area contributed by atoms with Gasteiger partial charge in [-0.05, 0) is 40.6 Å². The monoisotopic (exact) mass is 315 g/mol. The van der Waals surface area contributed by atoms with Crippen molar-refractivity contribution in [3.05, 3.63) is 60.4 Å². The Morgan fingerprint density at radius 3 is 2.59 bits per heavy atom. The molecule has 0 amide bonds. The Balaban J connectivity index is 1.86. The normalized spacial score (nSPS) is 11.5. The SMILES string of the molecule is O=S(=O)(CCc1cccnc1)c1nnnn1-c1ccccc1. The van der Waals surface area contributed by atoms with Gasteiger partial charge in [0.05, 0.1) is 11.4 Å². The lowest BCUT2D eigenvalue weighted by atomic mass is 10.2. The van der Waals surface area contributed by atoms with Crippen LogP contribution in [0.2, 0.25) is 0 Å². The summed E-state index contributed by atoms with van der Waals surface area (Å²) in [7, 11) is -3.59. The van der Waals surface area contributed by atoms with Gasteiger partial charge in [0.2, 0.25) is 9.84 Å². The van der Waals surface area contributed by atoms with Crippen molar-refractivity contribution >= 4 is 9.84 Å². The average molecular weight is 315 g/mol. The molecule has 0 spiro atoms. The van der Waals surface area contributed by atoms with Crippen LogP contribution >= 0.6 is 0 Å². The summed E-state index contributed by atoms with van der Waals surface area (Å²) in [6.45, 7) is 0. The number of nitrogens with zero attached hydrogens (tertiary/aromatic N) is 5. The first-order chi connectivity index (χ1) is 10.7. The van der Waals surface area contributed by atoms with Gasteiger partial charge in [-0.15, -0.1) is 0 Å². The van der Waals surface area contributed by atoms with Gasteiger partial charge in [-0.1, -0.05) is 29.4 Å². The smallest absolute Gasteiger partial charge is 0.264 e. The summed E-state index contributed by atoms with van der Waals surface area (Å²) in [6.07, 6.45) is 3.65. The number of rotatable bonds is 5. The summed E-state index contributed by atoms with van der Waals surface area (Å²) in [5, 5.41) is 10.8. The molecule has 0 saturated heterocycles. The Kier molecular flexibility index (Phi) is 3.92. The van der Waals surface area contributed by atoms with E-state index in [1.807, 2.05) is 12.1 Å². The zero-order chi connectivity index (χ0) is 15.4. The third kappa shape index (κ3) is 3.01. The molecule has 2 heterocycles. The second-order valence-electron chi connectivity index (χ2n) is 4.64. The topological polar surface area (TPSA) is 90.6 Å². The standard InChI is InChI=1S/C14H13N5O2S/c20-22(21,10-8-12-5-4-9-15-11-12)14-16-17-18-19(14)13-6-2-1-3-7-13/h1-7,9,11H,8,10H2. The molecule has 0 aliphatic carbocycles. The molecule has 0 atom stereocenters. The summed E-state index contributed by atoms with van der Waals surface area (Å²) >= 11 is 0. The van der Waals surface area contributed by atoms with E-state index in [0.717, 1.165) is 5.56 Å². The van der Waals surface area contributed by atoms with Crippen molar-refractivity contribution in [2.75, 3.05) is 5.75 Å². The Labute approximate surface area is 127 Å². The summed E-state index contributed by atoms with van der Waals surface area (Å²) < 4.78 is 26.2. The van der Waals surface area contributed by atoms with Crippen molar-refractivity contribution in [3.63, 3.8) is 0 Å². The van der Waals surface area contributed by atoms with Gasteiger partial charge in [0.25, 0.3) is 5.16 Å². The van der Waals surface area contributed by atoms with Crippen LogP contribution in [0.15, 0.2) is 60.0 Å². The molecule has 3 rings (SSSR count). The number of aromatic nitrogens is 5. The molecule has 112 valence electrons. The molecule has 22 heavy (non-hydrogen) atoms. The second kappa shape index (κ2) is 6.02. The molecule has 2 aromatic heterocycles. The zero-order valence-electron chi connectivity index (χ0n) is 11.6. The maximum absolute atomic E-state index is 12.5. The van der Waals surface area contributed by atoms with Crippen molar-refractivity contribution in [2.24, 2.45) is 0 Å². The van der Waals surface area contributed by atoms with Gasteiger partial charge in [-0.25, -0.2) is 8.42 Å². The fourth-order valence-corrected chi connectivity index (χ4v) is 3.25. The first-order valence-electron chi connectivity index (χ1n) is 6.62. The number of pyridine rings is 1. The van der Waals surface area contributed by atoms with Gasteiger partial charge in [-0.3, -0.25) is 4.98 Å². The van der Waals surface area contributed by atoms with Gasteiger partial charge in [0.15, 0.2) is 0 Å². The minimum Gasteiger partial charge on any atom is -0.264 e. The molecule has 0 radical (unpaired) electrons. The van der Waals surface area contributed by atoms with E-state index in [1.54, 1.807) is 42.7 Å². The van der Waals surface area contributed by atoms with Gasteiger partial charge in [-0.2, -0.15) is 4.68 Å². The van der Waals surface area contributed by atoms with Crippen LogP contribution in [0.5, 0.6) is 0 Å². The van der Waals surface area contributed by atoms with E-state index in [1.165, 1.54) is 4.68 Å². The van der Waals surface area contributed by atoms with Crippen molar-refractivity contribution < 1.29 is 8.42 Å². The molecular weight excluding hydrogens is 302 g/mol. The Morgan fingerprint density at radius 2 is 1.86 bits per heavy atom. The maximum Gasteiger partial charge on any atom is 0.272 e. The molecule has 7 nitrogen and oxygen atoms in total. The van der Waals surface area contributed by atoms with Gasteiger partial charge in [0, 0.05) is 12.4 Å². The fourth-order valence-electron chi connectivity index (χ4n) is 1.99. The number of tetrazole rings is 1. The molecule has 1 aromatic carbocycles. The van der Waals surface area contributed by atoms with E-state index in [9.17, 15) is 8.42 Å². The second-order valence-corrected chi connectivity index (χ2v) is 6.64. The van der Waals surface area contributed by atoms with Crippen LogP contribution in [0, 0.1) is 0 Å². The third-order valence-corrected chi connectivity index (χ3v) is 4.65. The maximum atomic E-state index is 12.5. The summed E-state index contributed by atoms with van der Waals surface area (Å²) in [5.74, 6) is -0.0775. The highest BCUT2D eigenvalue weighted by molar-refractivity contribution is 7.91. The number of para-hydroxylation sites is 1. The lowest BCUT2D eigenvalue weighted by Crippen LogP contribution is -2.15. The molecule has 8 heteroatoms. The average Bonchev–Trinajstić information content (AvgIpc) is 3.06. The minimum atomic E-state index is -3.59. The van der Waals surface area contributed by atoms with Gasteiger partial charge >= 0.3 is 0 Å². The minimum absolute atomic E-state index is 0.0775. The van der Waals surface area contributed by atoms with Crippen molar-refractivity contribution in [1.29, 1.82) is 0 Å². The third-order valence-electron chi connectivity index (χ3n) is 3.10. The number of benzene rings is 1. The van der Waals surface area contributed by atoms with E-state index in [-0.39, 0.29) is 10.9 Å². The Bertz CT molecular complexity index is 847. The number of hydrogen-bond acceptors (Lipinski definition) is 6. The molecule has 0 unspecified atom stereocenters. The molecule has 0 aliphatic heterocycles. The van der Waals surface area contributed by atoms with E-state index >= 15 is 0 Å².